The molecule has 0 bridgehead atoms. The Morgan fingerprint density at radius 1 is 0.460 bits per heavy atom. The number of aromatic nitrogens is 3. The molecule has 3 nitrogen and oxygen atoms in total. The zero-order valence-corrected chi connectivity index (χ0v) is 27.7. The number of benzene rings is 8. The van der Waals surface area contributed by atoms with Crippen LogP contribution in [0.4, 0.5) is 0 Å². The van der Waals surface area contributed by atoms with Gasteiger partial charge in [0.05, 0.1) is 22.2 Å². The third kappa shape index (κ3) is 3.91. The molecule has 3 heterocycles. The quantitative estimate of drug-likeness (QED) is 0.190. The van der Waals surface area contributed by atoms with Gasteiger partial charge in [0.25, 0.3) is 0 Å². The molecule has 0 amide bonds. The van der Waals surface area contributed by atoms with Crippen LogP contribution in [0.15, 0.2) is 164 Å². The molecule has 4 heteroatoms. The van der Waals surface area contributed by atoms with Crippen molar-refractivity contribution in [2.45, 2.75) is 0 Å². The molecule has 50 heavy (non-hydrogen) atoms. The van der Waals surface area contributed by atoms with Gasteiger partial charge in [0.15, 0.2) is 5.82 Å². The summed E-state index contributed by atoms with van der Waals surface area (Å²) in [6.07, 6.45) is 0. The third-order valence-corrected chi connectivity index (χ3v) is 11.4. The fourth-order valence-electron chi connectivity index (χ4n) is 7.99. The standard InChI is InChI=1S/C46H27N3S/c1-2-14-31-28(12-1)13-11-20-33(31)43-35-17-5-8-21-38(35)47-46(48-43)29-24-26-30(27-25-29)49-39-22-9-6-18-36(39)41-32-15-3-4-16-34(32)45-42(44(41)49)37-19-7-10-23-40(37)50-45/h1-27H. The van der Waals surface area contributed by atoms with Crippen molar-refractivity contribution >= 4 is 85.8 Å². The lowest BCUT2D eigenvalue weighted by molar-refractivity contribution is 1.18. The van der Waals surface area contributed by atoms with Gasteiger partial charge in [-0.1, -0.05) is 121 Å². The summed E-state index contributed by atoms with van der Waals surface area (Å²) in [6.45, 7) is 0. The molecule has 0 unspecified atom stereocenters. The summed E-state index contributed by atoms with van der Waals surface area (Å²) in [6, 6.07) is 58.7. The van der Waals surface area contributed by atoms with E-state index >= 15 is 0 Å². The summed E-state index contributed by atoms with van der Waals surface area (Å²) < 4.78 is 5.11. The highest BCUT2D eigenvalue weighted by Gasteiger charge is 2.22. The Morgan fingerprint density at radius 2 is 1.12 bits per heavy atom. The normalized spacial score (nSPS) is 12.0. The first-order valence-electron chi connectivity index (χ1n) is 16.9. The average Bonchev–Trinajstić information content (AvgIpc) is 3.74. The molecule has 8 aromatic carbocycles. The minimum Gasteiger partial charge on any atom is -0.309 e. The van der Waals surface area contributed by atoms with Crippen LogP contribution in [0, 0.1) is 0 Å². The van der Waals surface area contributed by atoms with E-state index in [2.05, 4.69) is 168 Å². The van der Waals surface area contributed by atoms with Crippen molar-refractivity contribution in [2.75, 3.05) is 0 Å². The van der Waals surface area contributed by atoms with Gasteiger partial charge in [-0.3, -0.25) is 0 Å². The van der Waals surface area contributed by atoms with Gasteiger partial charge in [-0.2, -0.15) is 0 Å². The van der Waals surface area contributed by atoms with Crippen LogP contribution in [0.1, 0.15) is 0 Å². The van der Waals surface area contributed by atoms with Crippen molar-refractivity contribution in [3.05, 3.63) is 164 Å². The zero-order chi connectivity index (χ0) is 32.8. The predicted molar refractivity (Wildman–Crippen MR) is 213 cm³/mol. The van der Waals surface area contributed by atoms with Crippen molar-refractivity contribution in [1.82, 2.24) is 14.5 Å². The monoisotopic (exact) mass is 653 g/mol. The first kappa shape index (κ1) is 27.6. The summed E-state index contributed by atoms with van der Waals surface area (Å²) in [5, 5.41) is 11.2. The highest BCUT2D eigenvalue weighted by atomic mass is 32.1. The molecule has 11 rings (SSSR count). The Kier molecular flexibility index (Phi) is 5.83. The van der Waals surface area contributed by atoms with Crippen LogP contribution in [0.5, 0.6) is 0 Å². The Balaban J connectivity index is 1.16. The second kappa shape index (κ2) is 10.6. The molecule has 0 N–H and O–H groups in total. The topological polar surface area (TPSA) is 30.7 Å². The number of hydrogen-bond acceptors (Lipinski definition) is 3. The van der Waals surface area contributed by atoms with E-state index in [9.17, 15) is 0 Å². The summed E-state index contributed by atoms with van der Waals surface area (Å²) in [5.74, 6) is 0.720. The van der Waals surface area contributed by atoms with Gasteiger partial charge in [-0.05, 0) is 58.6 Å². The van der Waals surface area contributed by atoms with Crippen LogP contribution in [0.25, 0.3) is 103 Å². The van der Waals surface area contributed by atoms with Crippen LogP contribution in [-0.2, 0) is 0 Å². The lowest BCUT2D eigenvalue weighted by atomic mass is 9.99. The molecule has 11 aromatic rings. The van der Waals surface area contributed by atoms with Crippen LogP contribution >= 0.6 is 11.3 Å². The number of thiophene rings is 1. The van der Waals surface area contributed by atoms with E-state index in [0.717, 1.165) is 39.2 Å². The van der Waals surface area contributed by atoms with Crippen LogP contribution in [0.2, 0.25) is 0 Å². The van der Waals surface area contributed by atoms with Crippen molar-refractivity contribution in [3.63, 3.8) is 0 Å². The number of fused-ring (bicyclic) bond motifs is 12. The van der Waals surface area contributed by atoms with Crippen molar-refractivity contribution in [2.24, 2.45) is 0 Å². The summed E-state index contributed by atoms with van der Waals surface area (Å²) >= 11 is 1.89. The van der Waals surface area contributed by atoms with Crippen molar-refractivity contribution in [1.29, 1.82) is 0 Å². The number of rotatable bonds is 3. The molecule has 0 atom stereocenters. The van der Waals surface area contributed by atoms with E-state index in [1.807, 2.05) is 11.3 Å². The molecular weight excluding hydrogens is 627 g/mol. The Morgan fingerprint density at radius 3 is 1.98 bits per heavy atom. The van der Waals surface area contributed by atoms with E-state index < -0.39 is 0 Å². The molecule has 0 radical (unpaired) electrons. The van der Waals surface area contributed by atoms with Crippen LogP contribution in [-0.4, -0.2) is 14.5 Å². The third-order valence-electron chi connectivity index (χ3n) is 10.2. The molecule has 3 aromatic heterocycles. The Hall–Kier alpha value is -6.36. The molecule has 0 saturated carbocycles. The van der Waals surface area contributed by atoms with Crippen molar-refractivity contribution in [3.8, 4) is 28.3 Å². The molecular formula is C46H27N3S. The fraction of sp³-hybridized carbons (Fsp3) is 0. The minimum atomic E-state index is 0.720. The Bertz CT molecular complexity index is 3140. The lowest BCUT2D eigenvalue weighted by Crippen LogP contribution is -1.97. The van der Waals surface area contributed by atoms with Crippen LogP contribution < -0.4 is 0 Å². The van der Waals surface area contributed by atoms with E-state index in [1.54, 1.807) is 0 Å². The molecule has 0 aliphatic carbocycles. The van der Waals surface area contributed by atoms with E-state index in [-0.39, 0.29) is 0 Å². The SMILES string of the molecule is c1ccc2c(-c3nc(-c4ccc(-n5c6ccccc6c6c7ccccc7c7sc8ccccc8c7c65)cc4)nc4ccccc34)cccc2c1. The Labute approximate surface area is 291 Å². The van der Waals surface area contributed by atoms with E-state index in [4.69, 9.17) is 9.97 Å². The molecule has 0 saturated heterocycles. The zero-order valence-electron chi connectivity index (χ0n) is 26.8. The highest BCUT2D eigenvalue weighted by molar-refractivity contribution is 7.27. The maximum absolute atomic E-state index is 5.27. The molecule has 0 aliphatic heterocycles. The van der Waals surface area contributed by atoms with Crippen molar-refractivity contribution < 1.29 is 0 Å². The van der Waals surface area contributed by atoms with Gasteiger partial charge < -0.3 is 4.57 Å². The molecule has 0 fully saturated rings. The van der Waals surface area contributed by atoms with Gasteiger partial charge in [0, 0.05) is 58.5 Å². The van der Waals surface area contributed by atoms with Gasteiger partial charge in [0.2, 0.25) is 0 Å². The number of nitrogens with zero attached hydrogens (tertiary/aromatic N) is 3. The second-order valence-electron chi connectivity index (χ2n) is 12.9. The second-order valence-corrected chi connectivity index (χ2v) is 14.0. The van der Waals surface area contributed by atoms with Gasteiger partial charge in [-0.25, -0.2) is 9.97 Å². The van der Waals surface area contributed by atoms with Gasteiger partial charge in [0.1, 0.15) is 0 Å². The minimum absolute atomic E-state index is 0.720. The molecule has 0 spiro atoms. The largest absolute Gasteiger partial charge is 0.309 e. The number of hydrogen-bond donors (Lipinski definition) is 0. The number of para-hydroxylation sites is 2. The van der Waals surface area contributed by atoms with E-state index in [1.165, 1.54) is 63.5 Å². The molecule has 0 aliphatic rings. The average molecular weight is 654 g/mol. The van der Waals surface area contributed by atoms with Gasteiger partial charge in [-0.15, -0.1) is 11.3 Å². The van der Waals surface area contributed by atoms with E-state index in [0.29, 0.717) is 0 Å². The molecule has 232 valence electrons. The maximum Gasteiger partial charge on any atom is 0.160 e. The highest BCUT2D eigenvalue weighted by Crippen LogP contribution is 2.47. The summed E-state index contributed by atoms with van der Waals surface area (Å²) in [5.41, 5.74) is 7.55. The lowest BCUT2D eigenvalue weighted by Gasteiger charge is -2.13. The summed E-state index contributed by atoms with van der Waals surface area (Å²) in [4.78, 5) is 10.4. The first-order chi connectivity index (χ1) is 24.8. The van der Waals surface area contributed by atoms with Gasteiger partial charge >= 0.3 is 0 Å². The first-order valence-corrected chi connectivity index (χ1v) is 17.7. The predicted octanol–water partition coefficient (Wildman–Crippen LogP) is 12.7. The smallest absolute Gasteiger partial charge is 0.160 e. The fourth-order valence-corrected chi connectivity index (χ4v) is 9.23. The summed E-state index contributed by atoms with van der Waals surface area (Å²) in [7, 11) is 0. The van der Waals surface area contributed by atoms with Crippen LogP contribution in [0.3, 0.4) is 0 Å². The maximum atomic E-state index is 5.27.